The molecule has 1 N–H and O–H groups in total. The van der Waals surface area contributed by atoms with Gasteiger partial charge in [0.05, 0.1) is 19.3 Å². The molecule has 2 heterocycles. The number of allylic oxidation sites excluding steroid dienone is 1. The Bertz CT molecular complexity index is 1130. The van der Waals surface area contributed by atoms with Crippen LogP contribution in [0.1, 0.15) is 16.1 Å². The maximum absolute atomic E-state index is 12.4. The molecule has 0 atom stereocenters. The number of amides is 1. The maximum Gasteiger partial charge on any atom is 0.262 e. The number of carbonyl (C=O) groups is 2. The second-order valence-corrected chi connectivity index (χ2v) is 7.69. The summed E-state index contributed by atoms with van der Waals surface area (Å²) in [7, 11) is 1.54. The van der Waals surface area contributed by atoms with E-state index >= 15 is 0 Å². The lowest BCUT2D eigenvalue weighted by atomic mass is 10.1. The van der Waals surface area contributed by atoms with Crippen molar-refractivity contribution in [2.45, 2.75) is 6.54 Å². The van der Waals surface area contributed by atoms with E-state index < -0.39 is 0 Å². The second-order valence-electron chi connectivity index (χ2n) is 6.77. The summed E-state index contributed by atoms with van der Waals surface area (Å²) < 4.78 is 13.9. The van der Waals surface area contributed by atoms with Crippen LogP contribution in [0.2, 0.25) is 0 Å². The quantitative estimate of drug-likeness (QED) is 0.540. The van der Waals surface area contributed by atoms with Crippen molar-refractivity contribution in [2.24, 2.45) is 0 Å². The molecule has 1 aromatic heterocycles. The molecule has 0 aliphatic carbocycles. The number of ether oxygens (including phenoxy) is 2. The first-order chi connectivity index (χ1) is 14.5. The number of nitrogens with one attached hydrogen (secondary N) is 1. The summed E-state index contributed by atoms with van der Waals surface area (Å²) in [5, 5.41) is 2.77. The molecule has 0 spiro atoms. The zero-order valence-electron chi connectivity index (χ0n) is 16.2. The molecule has 1 aliphatic rings. The van der Waals surface area contributed by atoms with Gasteiger partial charge in [-0.25, -0.2) is 0 Å². The van der Waals surface area contributed by atoms with Gasteiger partial charge in [-0.2, -0.15) is 0 Å². The van der Waals surface area contributed by atoms with Crippen molar-refractivity contribution in [1.29, 1.82) is 0 Å². The van der Waals surface area contributed by atoms with Gasteiger partial charge in [-0.1, -0.05) is 22.0 Å². The number of methoxy groups -OCH3 is 1. The number of hydrogen-bond acceptors (Lipinski definition) is 4. The molecule has 0 saturated carbocycles. The molecule has 30 heavy (non-hydrogen) atoms. The molecule has 0 bridgehead atoms. The minimum Gasteiger partial charge on any atom is -0.493 e. The molecular weight excluding hydrogens is 448 g/mol. The molecule has 0 saturated heterocycles. The van der Waals surface area contributed by atoms with Gasteiger partial charge in [0.1, 0.15) is 0 Å². The van der Waals surface area contributed by atoms with Crippen molar-refractivity contribution in [3.05, 3.63) is 82.1 Å². The van der Waals surface area contributed by atoms with E-state index in [9.17, 15) is 9.59 Å². The summed E-state index contributed by atoms with van der Waals surface area (Å²) >= 11 is 3.36. The van der Waals surface area contributed by atoms with E-state index in [1.165, 1.54) is 7.11 Å². The van der Waals surface area contributed by atoms with Crippen LogP contribution in [0.4, 0.5) is 5.69 Å². The lowest BCUT2D eigenvalue weighted by Gasteiger charge is -2.12. The largest absolute Gasteiger partial charge is 0.493 e. The molecule has 3 aromatic rings. The lowest BCUT2D eigenvalue weighted by Crippen LogP contribution is -2.20. The van der Waals surface area contributed by atoms with Gasteiger partial charge >= 0.3 is 0 Å². The van der Waals surface area contributed by atoms with E-state index in [2.05, 4.69) is 21.2 Å². The highest BCUT2D eigenvalue weighted by molar-refractivity contribution is 9.10. The zero-order valence-corrected chi connectivity index (χ0v) is 17.8. The Morgan fingerprint density at radius 3 is 2.70 bits per heavy atom. The molecule has 4 rings (SSSR count). The van der Waals surface area contributed by atoms with E-state index in [4.69, 9.17) is 9.47 Å². The second kappa shape index (κ2) is 8.59. The van der Waals surface area contributed by atoms with Crippen molar-refractivity contribution in [1.82, 2.24) is 4.57 Å². The third kappa shape index (κ3) is 4.31. The summed E-state index contributed by atoms with van der Waals surface area (Å²) in [5.41, 5.74) is 2.93. The third-order valence-electron chi connectivity index (χ3n) is 4.71. The third-order valence-corrected chi connectivity index (χ3v) is 5.24. The van der Waals surface area contributed by atoms with Gasteiger partial charge in [0.25, 0.3) is 5.91 Å². The highest BCUT2D eigenvalue weighted by Gasteiger charge is 2.23. The van der Waals surface area contributed by atoms with Crippen molar-refractivity contribution >= 4 is 39.4 Å². The molecule has 0 unspecified atom stereocenters. The van der Waals surface area contributed by atoms with Crippen molar-refractivity contribution in [3.8, 4) is 11.5 Å². The lowest BCUT2D eigenvalue weighted by molar-refractivity contribution is -0.118. The molecule has 1 aliphatic heterocycles. The predicted molar refractivity (Wildman–Crippen MR) is 118 cm³/mol. The minimum atomic E-state index is -0.274. The summed E-state index contributed by atoms with van der Waals surface area (Å²) in [6.07, 6.45) is 3.74. The van der Waals surface area contributed by atoms with Gasteiger partial charge in [-0.05, 0) is 60.2 Å². The van der Waals surface area contributed by atoms with Crippen LogP contribution in [0.3, 0.4) is 0 Å². The minimum absolute atomic E-state index is 0.0314. The normalized spacial score (nSPS) is 13.9. The van der Waals surface area contributed by atoms with Crippen molar-refractivity contribution in [2.75, 3.05) is 19.0 Å². The molecule has 1 amide bonds. The van der Waals surface area contributed by atoms with Crippen LogP contribution in [0, 0.1) is 0 Å². The van der Waals surface area contributed by atoms with Gasteiger partial charge in [0.15, 0.2) is 18.1 Å². The van der Waals surface area contributed by atoms with Crippen LogP contribution >= 0.6 is 15.9 Å². The summed E-state index contributed by atoms with van der Waals surface area (Å²) in [4.78, 5) is 24.6. The number of hydrogen-bond donors (Lipinski definition) is 1. The van der Waals surface area contributed by atoms with Crippen LogP contribution < -0.4 is 14.8 Å². The summed E-state index contributed by atoms with van der Waals surface area (Å²) in [6, 6.07) is 16.3. The number of ketones is 1. The first kappa shape index (κ1) is 20.0. The van der Waals surface area contributed by atoms with Crippen LogP contribution in [0.5, 0.6) is 11.5 Å². The van der Waals surface area contributed by atoms with Gasteiger partial charge in [0.2, 0.25) is 5.78 Å². The monoisotopic (exact) mass is 466 g/mol. The van der Waals surface area contributed by atoms with Crippen LogP contribution in [0.25, 0.3) is 6.08 Å². The Labute approximate surface area is 182 Å². The number of nitrogens with zero attached hydrogens (tertiary/aromatic N) is 1. The molecule has 6 nitrogen and oxygen atoms in total. The summed E-state index contributed by atoms with van der Waals surface area (Å²) in [6.45, 7) is 0.402. The number of halogens is 1. The number of carbonyl (C=O) groups excluding carboxylic acids is 2. The Balaban J connectivity index is 1.42. The molecule has 2 aromatic carbocycles. The van der Waals surface area contributed by atoms with Crippen molar-refractivity contribution in [3.63, 3.8) is 0 Å². The number of benzene rings is 2. The van der Waals surface area contributed by atoms with Gasteiger partial charge < -0.3 is 19.4 Å². The molecule has 7 heteroatoms. The topological polar surface area (TPSA) is 69.6 Å². The maximum atomic E-state index is 12.4. The number of aromatic nitrogens is 1. The fraction of sp³-hybridized carbons (Fsp3) is 0.130. The van der Waals surface area contributed by atoms with Crippen molar-refractivity contribution < 1.29 is 19.1 Å². The van der Waals surface area contributed by atoms with E-state index in [1.54, 1.807) is 24.3 Å². The predicted octanol–water partition coefficient (Wildman–Crippen LogP) is 4.56. The fourth-order valence-electron chi connectivity index (χ4n) is 3.26. The number of anilines is 1. The zero-order chi connectivity index (χ0) is 21.1. The fourth-order valence-corrected chi connectivity index (χ4v) is 3.52. The average molecular weight is 467 g/mol. The highest BCUT2D eigenvalue weighted by atomic mass is 79.9. The smallest absolute Gasteiger partial charge is 0.262 e. The Morgan fingerprint density at radius 2 is 1.97 bits per heavy atom. The Kier molecular flexibility index (Phi) is 5.72. The molecule has 0 radical (unpaired) electrons. The Morgan fingerprint density at radius 1 is 1.17 bits per heavy atom. The van der Waals surface area contributed by atoms with Gasteiger partial charge in [0, 0.05) is 21.9 Å². The van der Waals surface area contributed by atoms with Crippen LogP contribution in [0.15, 0.2) is 70.8 Å². The van der Waals surface area contributed by atoms with E-state index in [0.717, 1.165) is 15.6 Å². The Hall–Kier alpha value is -3.32. The van der Waals surface area contributed by atoms with E-state index in [-0.39, 0.29) is 18.3 Å². The first-order valence-electron chi connectivity index (χ1n) is 9.30. The van der Waals surface area contributed by atoms with E-state index in [1.807, 2.05) is 47.2 Å². The SMILES string of the molecule is COc1cc(C=C2Cn3cccc3C2=O)ccc1OCC(=O)Nc1ccc(Br)cc1. The molecular formula is C23H19BrN2O4. The number of fused-ring (bicyclic) bond motifs is 1. The van der Waals surface area contributed by atoms with Gasteiger partial charge in [-0.15, -0.1) is 0 Å². The van der Waals surface area contributed by atoms with E-state index in [0.29, 0.717) is 29.4 Å². The number of rotatable bonds is 6. The van der Waals surface area contributed by atoms with Gasteiger partial charge in [-0.3, -0.25) is 9.59 Å². The molecule has 0 fully saturated rings. The first-order valence-corrected chi connectivity index (χ1v) is 10.1. The average Bonchev–Trinajstić information content (AvgIpc) is 3.32. The summed E-state index contributed by atoms with van der Waals surface area (Å²) in [5.74, 6) is 0.702. The molecule has 152 valence electrons. The van der Waals surface area contributed by atoms with Crippen LogP contribution in [-0.2, 0) is 11.3 Å². The standard InChI is InChI=1S/C23H19BrN2O4/c1-29-21-12-15(11-16-13-26-10-2-3-19(26)23(16)28)4-9-20(21)30-14-22(27)25-18-7-5-17(24)6-8-18/h2-12H,13-14H2,1H3,(H,25,27). The van der Waals surface area contributed by atoms with Crippen LogP contribution in [-0.4, -0.2) is 30.0 Å². The number of Topliss-reactive ketones (excluding diaryl/α,β-unsaturated/α-hetero) is 1. The highest BCUT2D eigenvalue weighted by Crippen LogP contribution is 2.30.